The van der Waals surface area contributed by atoms with Crippen molar-refractivity contribution in [3.05, 3.63) is 20.8 Å². The van der Waals surface area contributed by atoms with Crippen LogP contribution in [0.3, 0.4) is 0 Å². The van der Waals surface area contributed by atoms with Crippen molar-refractivity contribution in [1.29, 1.82) is 0 Å². The summed E-state index contributed by atoms with van der Waals surface area (Å²) in [6.45, 7) is 1.29. The van der Waals surface area contributed by atoms with Gasteiger partial charge in [0.05, 0.1) is 0 Å². The number of rotatable bonds is 4. The highest BCUT2D eigenvalue weighted by Crippen LogP contribution is 2.23. The van der Waals surface area contributed by atoms with E-state index >= 15 is 0 Å². The standard InChI is InChI=1S/C11H16N4O4/c16-8(17)2-1-7-3-5-15(6-4-7)9-10(18)12-11(19)14-13-9/h7H,1-6H2,(H,16,17)(H2,12,14,18,19). The van der Waals surface area contributed by atoms with E-state index in [9.17, 15) is 14.4 Å². The Bertz CT molecular complexity index is 556. The lowest BCUT2D eigenvalue weighted by Crippen LogP contribution is -2.39. The molecule has 8 nitrogen and oxygen atoms in total. The summed E-state index contributed by atoms with van der Waals surface area (Å²) < 4.78 is 0. The van der Waals surface area contributed by atoms with Crippen LogP contribution >= 0.6 is 0 Å². The van der Waals surface area contributed by atoms with E-state index in [4.69, 9.17) is 5.11 Å². The first kappa shape index (κ1) is 13.3. The van der Waals surface area contributed by atoms with Crippen molar-refractivity contribution in [3.8, 4) is 0 Å². The molecule has 104 valence electrons. The normalized spacial score (nSPS) is 16.5. The van der Waals surface area contributed by atoms with E-state index in [0.717, 1.165) is 12.8 Å². The monoisotopic (exact) mass is 268 g/mol. The van der Waals surface area contributed by atoms with Crippen LogP contribution in [0.2, 0.25) is 0 Å². The molecule has 8 heteroatoms. The third-order valence-corrected chi connectivity index (χ3v) is 3.37. The molecule has 19 heavy (non-hydrogen) atoms. The van der Waals surface area contributed by atoms with E-state index in [2.05, 4.69) is 15.2 Å². The van der Waals surface area contributed by atoms with Crippen molar-refractivity contribution in [3.63, 3.8) is 0 Å². The Morgan fingerprint density at radius 2 is 2.05 bits per heavy atom. The molecule has 0 spiro atoms. The first-order valence-corrected chi connectivity index (χ1v) is 6.22. The summed E-state index contributed by atoms with van der Waals surface area (Å²) in [6, 6.07) is 0. The third-order valence-electron chi connectivity index (χ3n) is 3.37. The summed E-state index contributed by atoms with van der Waals surface area (Å²) in [6.07, 6.45) is 2.50. The van der Waals surface area contributed by atoms with Gasteiger partial charge in [-0.3, -0.25) is 14.6 Å². The minimum atomic E-state index is -0.777. The number of hydrogen-bond acceptors (Lipinski definition) is 5. The van der Waals surface area contributed by atoms with Gasteiger partial charge in [-0.15, -0.1) is 5.10 Å². The fraction of sp³-hybridized carbons (Fsp3) is 0.636. The zero-order valence-electron chi connectivity index (χ0n) is 10.4. The number of nitrogens with one attached hydrogen (secondary N) is 2. The number of aromatic amines is 2. The molecule has 0 saturated carbocycles. The van der Waals surface area contributed by atoms with Crippen molar-refractivity contribution in [1.82, 2.24) is 15.2 Å². The van der Waals surface area contributed by atoms with Gasteiger partial charge in [-0.05, 0) is 25.2 Å². The van der Waals surface area contributed by atoms with Gasteiger partial charge in [0.2, 0.25) is 5.82 Å². The van der Waals surface area contributed by atoms with Crippen molar-refractivity contribution < 1.29 is 9.90 Å². The fourth-order valence-electron chi connectivity index (χ4n) is 2.32. The minimum Gasteiger partial charge on any atom is -0.481 e. The van der Waals surface area contributed by atoms with Crippen molar-refractivity contribution >= 4 is 11.8 Å². The number of hydrogen-bond donors (Lipinski definition) is 3. The Kier molecular flexibility index (Phi) is 3.98. The van der Waals surface area contributed by atoms with Crippen LogP contribution in [0.15, 0.2) is 9.59 Å². The van der Waals surface area contributed by atoms with E-state index in [1.54, 1.807) is 0 Å². The Balaban J connectivity index is 1.94. The van der Waals surface area contributed by atoms with Crippen LogP contribution in [0.5, 0.6) is 0 Å². The number of carboxylic acids is 1. The second-order valence-corrected chi connectivity index (χ2v) is 4.69. The van der Waals surface area contributed by atoms with Crippen LogP contribution in [0.1, 0.15) is 25.7 Å². The van der Waals surface area contributed by atoms with Gasteiger partial charge in [-0.25, -0.2) is 9.89 Å². The third kappa shape index (κ3) is 3.43. The minimum absolute atomic E-state index is 0.183. The largest absolute Gasteiger partial charge is 0.481 e. The van der Waals surface area contributed by atoms with Crippen molar-refractivity contribution in [2.45, 2.75) is 25.7 Å². The predicted octanol–water partition coefficient (Wildman–Crippen LogP) is -0.461. The first-order chi connectivity index (χ1) is 9.06. The molecule has 3 N–H and O–H groups in total. The van der Waals surface area contributed by atoms with Gasteiger partial charge >= 0.3 is 11.7 Å². The summed E-state index contributed by atoms with van der Waals surface area (Å²) in [5.41, 5.74) is -1.11. The van der Waals surface area contributed by atoms with Crippen LogP contribution in [0.25, 0.3) is 0 Å². The van der Waals surface area contributed by atoms with Gasteiger partial charge in [0.25, 0.3) is 5.56 Å². The smallest absolute Gasteiger partial charge is 0.342 e. The number of carboxylic acid groups (broad SMARTS) is 1. The van der Waals surface area contributed by atoms with Crippen molar-refractivity contribution in [2.24, 2.45) is 5.92 Å². The molecule has 0 bridgehead atoms. The molecule has 1 aliphatic heterocycles. The maximum absolute atomic E-state index is 11.6. The number of aliphatic carboxylic acids is 1. The lowest BCUT2D eigenvalue weighted by molar-refractivity contribution is -0.137. The number of nitrogens with zero attached hydrogens (tertiary/aromatic N) is 2. The fourth-order valence-corrected chi connectivity index (χ4v) is 2.32. The topological polar surface area (TPSA) is 119 Å². The number of piperidine rings is 1. The average molecular weight is 268 g/mol. The lowest BCUT2D eigenvalue weighted by Gasteiger charge is -2.31. The maximum atomic E-state index is 11.6. The van der Waals surface area contributed by atoms with E-state index < -0.39 is 17.2 Å². The Morgan fingerprint density at radius 1 is 1.37 bits per heavy atom. The first-order valence-electron chi connectivity index (χ1n) is 6.22. The molecule has 2 heterocycles. The van der Waals surface area contributed by atoms with Crippen LogP contribution in [-0.2, 0) is 4.79 Å². The second-order valence-electron chi connectivity index (χ2n) is 4.69. The molecule has 1 aromatic heterocycles. The van der Waals surface area contributed by atoms with Crippen LogP contribution in [0.4, 0.5) is 5.82 Å². The van der Waals surface area contributed by atoms with Crippen LogP contribution in [-0.4, -0.2) is 39.3 Å². The van der Waals surface area contributed by atoms with E-state index in [1.807, 2.05) is 4.90 Å². The molecule has 1 fully saturated rings. The molecule has 1 aliphatic rings. The zero-order valence-corrected chi connectivity index (χ0v) is 10.4. The Morgan fingerprint density at radius 3 is 2.63 bits per heavy atom. The summed E-state index contributed by atoms with van der Waals surface area (Å²) >= 11 is 0. The highest BCUT2D eigenvalue weighted by Gasteiger charge is 2.22. The maximum Gasteiger partial charge on any atom is 0.342 e. The van der Waals surface area contributed by atoms with E-state index in [-0.39, 0.29) is 12.2 Å². The van der Waals surface area contributed by atoms with Gasteiger partial charge in [-0.2, -0.15) is 0 Å². The summed E-state index contributed by atoms with van der Waals surface area (Å²) in [4.78, 5) is 36.9. The molecule has 0 radical (unpaired) electrons. The van der Waals surface area contributed by atoms with Crippen LogP contribution in [0, 0.1) is 5.92 Å². The molecule has 0 aromatic carbocycles. The number of H-pyrrole nitrogens is 2. The highest BCUT2D eigenvalue weighted by atomic mass is 16.4. The van der Waals surface area contributed by atoms with E-state index in [0.29, 0.717) is 25.4 Å². The van der Waals surface area contributed by atoms with Gasteiger partial charge in [-0.1, -0.05) is 0 Å². The molecule has 0 aliphatic carbocycles. The molecule has 0 amide bonds. The number of aromatic nitrogens is 3. The summed E-state index contributed by atoms with van der Waals surface area (Å²) in [5.74, 6) is -0.188. The quantitative estimate of drug-likeness (QED) is 0.679. The molecule has 0 unspecified atom stereocenters. The zero-order chi connectivity index (χ0) is 13.8. The average Bonchev–Trinajstić information content (AvgIpc) is 2.37. The number of carbonyl (C=O) groups is 1. The van der Waals surface area contributed by atoms with Gasteiger partial charge < -0.3 is 10.0 Å². The molecule has 2 rings (SSSR count). The van der Waals surface area contributed by atoms with Gasteiger partial charge in [0, 0.05) is 19.5 Å². The Hall–Kier alpha value is -2.12. The molecule has 1 aromatic rings. The molecular weight excluding hydrogens is 252 g/mol. The Labute approximate surface area is 108 Å². The van der Waals surface area contributed by atoms with Gasteiger partial charge in [0.15, 0.2) is 0 Å². The summed E-state index contributed by atoms with van der Waals surface area (Å²) in [5, 5.41) is 14.6. The number of anilines is 1. The lowest BCUT2D eigenvalue weighted by atomic mass is 9.92. The van der Waals surface area contributed by atoms with Crippen molar-refractivity contribution in [2.75, 3.05) is 18.0 Å². The van der Waals surface area contributed by atoms with Crippen LogP contribution < -0.4 is 16.1 Å². The van der Waals surface area contributed by atoms with E-state index in [1.165, 1.54) is 0 Å². The summed E-state index contributed by atoms with van der Waals surface area (Å²) in [7, 11) is 0. The van der Waals surface area contributed by atoms with Gasteiger partial charge in [0.1, 0.15) is 0 Å². The SMILES string of the molecule is O=C(O)CCC1CCN(c2n[nH]c(=O)[nH]c2=O)CC1. The molecule has 1 saturated heterocycles. The second kappa shape index (κ2) is 5.68. The molecule has 0 atom stereocenters. The predicted molar refractivity (Wildman–Crippen MR) is 67.3 cm³/mol. The highest BCUT2D eigenvalue weighted by molar-refractivity contribution is 5.66. The molecular formula is C11H16N4O4.